The number of carbonyl (C=O) groups excluding carboxylic acids is 3. The molecule has 2 aromatic rings. The average Bonchev–Trinajstić information content (AvgIpc) is 3.36. The van der Waals surface area contributed by atoms with E-state index in [9.17, 15) is 14.4 Å². The van der Waals surface area contributed by atoms with Gasteiger partial charge < -0.3 is 33.2 Å². The highest BCUT2D eigenvalue weighted by atomic mass is 16.8. The smallest absolute Gasteiger partial charge is 0.493 e. The molecule has 0 amide bonds. The first kappa shape index (κ1) is 31.5. The Hall–Kier alpha value is -3.71. The highest BCUT2D eigenvalue weighted by Gasteiger charge is 2.32. The Morgan fingerprint density at radius 1 is 0.897 bits per heavy atom. The predicted octanol–water partition coefficient (Wildman–Crippen LogP) is 3.80. The molecule has 1 heterocycles. The van der Waals surface area contributed by atoms with E-state index in [1.165, 1.54) is 26.4 Å². The molecule has 2 unspecified atom stereocenters. The first-order chi connectivity index (χ1) is 18.7. The van der Waals surface area contributed by atoms with Crippen LogP contribution in [0.5, 0.6) is 11.5 Å². The minimum absolute atomic E-state index is 0.0483. The Balaban J connectivity index is 2.39. The number of hydrogen-bond acceptors (Lipinski definition) is 12. The molecule has 2 rings (SSSR count). The molecule has 0 aliphatic rings. The number of aromatic nitrogens is 3. The van der Waals surface area contributed by atoms with Crippen molar-refractivity contribution < 1.29 is 47.5 Å². The molecule has 0 radical (unpaired) electrons. The van der Waals surface area contributed by atoms with Gasteiger partial charge in [0, 0.05) is 31.1 Å². The molecule has 1 aromatic heterocycles. The van der Waals surface area contributed by atoms with Crippen LogP contribution in [0, 0.1) is 5.92 Å². The molecule has 0 saturated heterocycles. The van der Waals surface area contributed by atoms with E-state index < -0.39 is 30.4 Å². The first-order valence-corrected chi connectivity index (χ1v) is 12.7. The molecule has 216 valence electrons. The zero-order valence-corrected chi connectivity index (χ0v) is 23.4. The molecular weight excluding hydrogens is 514 g/mol. The maximum Gasteiger partial charge on any atom is 0.512 e. The number of nitrogens with zero attached hydrogens (tertiary/aromatic N) is 3. The van der Waals surface area contributed by atoms with Crippen LogP contribution in [0.4, 0.5) is 4.79 Å². The normalized spacial score (nSPS) is 12.5. The number of esters is 1. The summed E-state index contributed by atoms with van der Waals surface area (Å²) in [7, 11) is 2.90. The Morgan fingerprint density at radius 2 is 1.59 bits per heavy atom. The van der Waals surface area contributed by atoms with Crippen molar-refractivity contribution in [3.63, 3.8) is 0 Å². The lowest BCUT2D eigenvalue weighted by Crippen LogP contribution is -2.29. The van der Waals surface area contributed by atoms with Crippen molar-refractivity contribution in [3.05, 3.63) is 35.2 Å². The van der Waals surface area contributed by atoms with E-state index in [1.54, 1.807) is 33.8 Å². The van der Waals surface area contributed by atoms with E-state index >= 15 is 0 Å². The number of ketones is 1. The van der Waals surface area contributed by atoms with E-state index in [-0.39, 0.29) is 29.5 Å². The van der Waals surface area contributed by atoms with Crippen molar-refractivity contribution in [1.29, 1.82) is 0 Å². The maximum atomic E-state index is 13.4. The fourth-order valence-corrected chi connectivity index (χ4v) is 3.41. The number of carbonyl (C=O) groups is 3. The van der Waals surface area contributed by atoms with Gasteiger partial charge in [-0.2, -0.15) is 0 Å². The second-order valence-electron chi connectivity index (χ2n) is 8.33. The highest BCUT2D eigenvalue weighted by Crippen LogP contribution is 2.29. The van der Waals surface area contributed by atoms with E-state index in [1.807, 2.05) is 6.92 Å². The van der Waals surface area contributed by atoms with Crippen LogP contribution in [-0.4, -0.2) is 79.8 Å². The summed E-state index contributed by atoms with van der Waals surface area (Å²) in [6.45, 7) is 9.92. The lowest BCUT2D eigenvalue weighted by molar-refractivity contribution is -0.143. The molecule has 1 aromatic carbocycles. The molecule has 0 saturated carbocycles. The summed E-state index contributed by atoms with van der Waals surface area (Å²) in [4.78, 5) is 39.8. The summed E-state index contributed by atoms with van der Waals surface area (Å²) < 4.78 is 37.1. The third kappa shape index (κ3) is 8.65. The van der Waals surface area contributed by atoms with Gasteiger partial charge in [-0.25, -0.2) is 9.59 Å². The molecular formula is C26H37N3O10. The predicted molar refractivity (Wildman–Crippen MR) is 137 cm³/mol. The Bertz CT molecular complexity index is 1100. The summed E-state index contributed by atoms with van der Waals surface area (Å²) in [5.74, 6) is -1.12. The zero-order valence-electron chi connectivity index (χ0n) is 23.4. The van der Waals surface area contributed by atoms with Crippen molar-refractivity contribution >= 4 is 17.9 Å². The van der Waals surface area contributed by atoms with Crippen molar-refractivity contribution in [2.45, 2.75) is 53.6 Å². The van der Waals surface area contributed by atoms with E-state index in [2.05, 4.69) is 10.2 Å². The monoisotopic (exact) mass is 551 g/mol. The number of hydrogen-bond donors (Lipinski definition) is 0. The molecule has 13 heteroatoms. The lowest BCUT2D eigenvalue weighted by atomic mass is 10.1. The standard InChI is InChI=1S/C26H37N3O10/c1-8-35-14-13-20(36-9-2)38-26(32)39-24(16(4)5)29-27-21(22(28-29)25(31)37-10-3)23(30)17-11-12-18(33-6)19(15-17)34-7/h11-12,15-16,20,24H,8-10,13-14H2,1-7H3. The molecule has 0 bridgehead atoms. The summed E-state index contributed by atoms with van der Waals surface area (Å²) in [5.41, 5.74) is -0.448. The minimum Gasteiger partial charge on any atom is -0.493 e. The fourth-order valence-electron chi connectivity index (χ4n) is 3.41. The molecule has 0 spiro atoms. The van der Waals surface area contributed by atoms with E-state index in [0.29, 0.717) is 37.7 Å². The molecule has 2 atom stereocenters. The van der Waals surface area contributed by atoms with Crippen LogP contribution in [0.3, 0.4) is 0 Å². The van der Waals surface area contributed by atoms with Crippen LogP contribution >= 0.6 is 0 Å². The van der Waals surface area contributed by atoms with Gasteiger partial charge in [-0.3, -0.25) is 4.79 Å². The van der Waals surface area contributed by atoms with Gasteiger partial charge in [0.25, 0.3) is 0 Å². The molecule has 0 aliphatic heterocycles. The lowest BCUT2D eigenvalue weighted by Gasteiger charge is -2.22. The molecule has 39 heavy (non-hydrogen) atoms. The van der Waals surface area contributed by atoms with Gasteiger partial charge in [-0.05, 0) is 39.0 Å². The van der Waals surface area contributed by atoms with Crippen LogP contribution in [0.25, 0.3) is 0 Å². The number of ether oxygens (including phenoxy) is 7. The van der Waals surface area contributed by atoms with Crippen molar-refractivity contribution in [1.82, 2.24) is 15.0 Å². The summed E-state index contributed by atoms with van der Waals surface area (Å²) in [6.07, 6.45) is -2.73. The van der Waals surface area contributed by atoms with Gasteiger partial charge in [-0.1, -0.05) is 13.8 Å². The largest absolute Gasteiger partial charge is 0.512 e. The first-order valence-electron chi connectivity index (χ1n) is 12.7. The quantitative estimate of drug-likeness (QED) is 0.129. The van der Waals surface area contributed by atoms with Crippen LogP contribution in [0.2, 0.25) is 0 Å². The summed E-state index contributed by atoms with van der Waals surface area (Å²) in [6, 6.07) is 4.51. The molecule has 13 nitrogen and oxygen atoms in total. The SMILES string of the molecule is CCOCCC(OCC)OC(=O)OC(C(C)C)n1nc(C(=O)OCC)c(C(=O)c2ccc(OC)c(OC)c2)n1. The van der Waals surface area contributed by atoms with Crippen LogP contribution in [-0.2, 0) is 23.7 Å². The molecule has 0 aliphatic carbocycles. The summed E-state index contributed by atoms with van der Waals surface area (Å²) >= 11 is 0. The number of rotatable bonds is 16. The highest BCUT2D eigenvalue weighted by molar-refractivity contribution is 6.12. The third-order valence-corrected chi connectivity index (χ3v) is 5.26. The van der Waals surface area contributed by atoms with Gasteiger partial charge in [0.15, 0.2) is 17.2 Å². The van der Waals surface area contributed by atoms with Crippen molar-refractivity contribution in [2.75, 3.05) is 40.6 Å². The van der Waals surface area contributed by atoms with Crippen LogP contribution < -0.4 is 9.47 Å². The van der Waals surface area contributed by atoms with Gasteiger partial charge in [0.05, 0.1) is 27.4 Å². The van der Waals surface area contributed by atoms with Crippen LogP contribution in [0.15, 0.2) is 18.2 Å². The summed E-state index contributed by atoms with van der Waals surface area (Å²) in [5, 5.41) is 8.41. The van der Waals surface area contributed by atoms with Gasteiger partial charge in [0.1, 0.15) is 0 Å². The Morgan fingerprint density at radius 3 is 2.18 bits per heavy atom. The number of benzene rings is 1. The van der Waals surface area contributed by atoms with Gasteiger partial charge in [0.2, 0.25) is 24.0 Å². The second kappa shape index (κ2) is 15.6. The molecule has 0 fully saturated rings. The van der Waals surface area contributed by atoms with E-state index in [4.69, 9.17) is 33.2 Å². The van der Waals surface area contributed by atoms with Crippen molar-refractivity contribution in [3.8, 4) is 11.5 Å². The van der Waals surface area contributed by atoms with Gasteiger partial charge >= 0.3 is 12.1 Å². The third-order valence-electron chi connectivity index (χ3n) is 5.26. The second-order valence-corrected chi connectivity index (χ2v) is 8.33. The topological polar surface area (TPSA) is 147 Å². The number of methoxy groups -OCH3 is 2. The maximum absolute atomic E-state index is 13.4. The Labute approximate surface area is 227 Å². The zero-order chi connectivity index (χ0) is 28.9. The fraction of sp³-hybridized carbons (Fsp3) is 0.577. The van der Waals surface area contributed by atoms with E-state index in [0.717, 1.165) is 4.80 Å². The average molecular weight is 552 g/mol. The van der Waals surface area contributed by atoms with Crippen molar-refractivity contribution in [2.24, 2.45) is 5.92 Å². The van der Waals surface area contributed by atoms with Gasteiger partial charge in [-0.15, -0.1) is 15.0 Å². The minimum atomic E-state index is -1.12. The molecule has 0 N–H and O–H groups in total. The van der Waals surface area contributed by atoms with Crippen LogP contribution in [0.1, 0.15) is 73.8 Å². The Kier molecular flexibility index (Phi) is 12.6.